The van der Waals surface area contributed by atoms with Crippen LogP contribution in [0.1, 0.15) is 22.3 Å². The minimum absolute atomic E-state index is 0.456. The third-order valence-corrected chi connectivity index (χ3v) is 12.1. The minimum atomic E-state index is -0.456. The van der Waals surface area contributed by atoms with Crippen LogP contribution in [0, 0.1) is 0 Å². The number of fused-ring (bicyclic) bond motifs is 7. The second kappa shape index (κ2) is 12.2. The Hall–Kier alpha value is -6.75. The Morgan fingerprint density at radius 1 is 0.352 bits per heavy atom. The summed E-state index contributed by atoms with van der Waals surface area (Å²) < 4.78 is 2.49. The van der Waals surface area contributed by atoms with Crippen molar-refractivity contribution < 1.29 is 0 Å². The molecule has 3 nitrogen and oxygen atoms in total. The SMILES string of the molecule is c1ccc(-c2nc(-c3ccc4ccccc4c3)nc(-c3ccc4sc5ccc(C6(c7ccccc7)c7ccccc7-c7ccccc76)cc5c4c3)n2)cc1. The Kier molecular flexibility index (Phi) is 6.94. The summed E-state index contributed by atoms with van der Waals surface area (Å²) in [7, 11) is 0. The highest BCUT2D eigenvalue weighted by atomic mass is 32.1. The van der Waals surface area contributed by atoms with Gasteiger partial charge < -0.3 is 0 Å². The summed E-state index contributed by atoms with van der Waals surface area (Å²) in [5.74, 6) is 1.97. The zero-order chi connectivity index (χ0) is 35.6. The molecule has 0 atom stereocenters. The van der Waals surface area contributed by atoms with E-state index in [9.17, 15) is 0 Å². The maximum absolute atomic E-state index is 5.14. The average Bonchev–Trinajstić information content (AvgIpc) is 3.77. The Morgan fingerprint density at radius 3 is 1.57 bits per heavy atom. The molecule has 2 aromatic heterocycles. The van der Waals surface area contributed by atoms with Gasteiger partial charge in [-0.15, -0.1) is 11.3 Å². The molecule has 11 rings (SSSR count). The smallest absolute Gasteiger partial charge is 0.164 e. The average molecular weight is 706 g/mol. The van der Waals surface area contributed by atoms with Gasteiger partial charge in [0.05, 0.1) is 5.41 Å². The van der Waals surface area contributed by atoms with Gasteiger partial charge in [0.2, 0.25) is 0 Å². The summed E-state index contributed by atoms with van der Waals surface area (Å²) in [6.45, 7) is 0. The molecule has 0 radical (unpaired) electrons. The molecule has 0 amide bonds. The van der Waals surface area contributed by atoms with Crippen LogP contribution in [0.4, 0.5) is 0 Å². The lowest BCUT2D eigenvalue weighted by molar-refractivity contribution is 0.770. The predicted molar refractivity (Wildman–Crippen MR) is 224 cm³/mol. The normalized spacial score (nSPS) is 13.0. The molecule has 0 saturated carbocycles. The molecule has 10 aromatic rings. The number of hydrogen-bond donors (Lipinski definition) is 0. The third kappa shape index (κ3) is 4.70. The van der Waals surface area contributed by atoms with Crippen LogP contribution in [-0.4, -0.2) is 15.0 Å². The summed E-state index contributed by atoms with van der Waals surface area (Å²) in [6, 6.07) is 67.6. The van der Waals surface area contributed by atoms with Crippen LogP contribution in [0.25, 0.3) is 76.2 Å². The maximum atomic E-state index is 5.14. The van der Waals surface area contributed by atoms with E-state index in [1.807, 2.05) is 29.5 Å². The molecule has 0 bridgehead atoms. The highest BCUT2D eigenvalue weighted by Gasteiger charge is 2.45. The zero-order valence-electron chi connectivity index (χ0n) is 29.1. The molecular formula is C50H31N3S. The van der Waals surface area contributed by atoms with E-state index in [-0.39, 0.29) is 0 Å². The number of rotatable bonds is 5. The van der Waals surface area contributed by atoms with Crippen LogP contribution in [-0.2, 0) is 5.41 Å². The van der Waals surface area contributed by atoms with Crippen molar-refractivity contribution in [1.29, 1.82) is 0 Å². The Bertz CT molecular complexity index is 3010. The van der Waals surface area contributed by atoms with Crippen LogP contribution in [0.5, 0.6) is 0 Å². The molecule has 0 aliphatic heterocycles. The van der Waals surface area contributed by atoms with Crippen LogP contribution in [0.15, 0.2) is 188 Å². The van der Waals surface area contributed by atoms with Crippen molar-refractivity contribution in [2.75, 3.05) is 0 Å². The second-order valence-electron chi connectivity index (χ2n) is 14.0. The van der Waals surface area contributed by atoms with Crippen LogP contribution < -0.4 is 0 Å². The van der Waals surface area contributed by atoms with Gasteiger partial charge in [0.15, 0.2) is 17.5 Å². The van der Waals surface area contributed by atoms with E-state index in [0.717, 1.165) is 22.1 Å². The molecule has 1 aliphatic carbocycles. The number of benzene rings is 8. The summed E-state index contributed by atoms with van der Waals surface area (Å²) in [5.41, 5.74) is 10.2. The molecule has 0 saturated heterocycles. The van der Waals surface area contributed by atoms with Crippen LogP contribution >= 0.6 is 11.3 Å². The molecule has 0 N–H and O–H groups in total. The fourth-order valence-corrected chi connectivity index (χ4v) is 9.61. The van der Waals surface area contributed by atoms with Gasteiger partial charge in [0.1, 0.15) is 0 Å². The number of hydrogen-bond acceptors (Lipinski definition) is 4. The van der Waals surface area contributed by atoms with E-state index in [4.69, 9.17) is 15.0 Å². The molecule has 8 aromatic carbocycles. The summed E-state index contributed by atoms with van der Waals surface area (Å²) >= 11 is 1.83. The molecule has 4 heteroatoms. The zero-order valence-corrected chi connectivity index (χ0v) is 30.0. The monoisotopic (exact) mass is 705 g/mol. The van der Waals surface area contributed by atoms with Crippen molar-refractivity contribution in [2.24, 2.45) is 0 Å². The van der Waals surface area contributed by atoms with Crippen LogP contribution in [0.3, 0.4) is 0 Å². The summed E-state index contributed by atoms with van der Waals surface area (Å²) in [6.07, 6.45) is 0. The van der Waals surface area contributed by atoms with E-state index in [0.29, 0.717) is 17.5 Å². The molecule has 0 spiro atoms. The molecule has 2 heterocycles. The Morgan fingerprint density at radius 2 is 0.870 bits per heavy atom. The van der Waals surface area contributed by atoms with Gasteiger partial charge in [0, 0.05) is 36.9 Å². The summed E-state index contributed by atoms with van der Waals surface area (Å²) in [5, 5.41) is 4.78. The molecule has 252 valence electrons. The highest BCUT2D eigenvalue weighted by Crippen LogP contribution is 2.56. The van der Waals surface area contributed by atoms with E-state index in [1.54, 1.807) is 0 Å². The van der Waals surface area contributed by atoms with Gasteiger partial charge >= 0.3 is 0 Å². The van der Waals surface area contributed by atoms with E-state index >= 15 is 0 Å². The third-order valence-electron chi connectivity index (χ3n) is 11.0. The largest absolute Gasteiger partial charge is 0.208 e. The minimum Gasteiger partial charge on any atom is -0.208 e. The van der Waals surface area contributed by atoms with Gasteiger partial charge in [0.25, 0.3) is 0 Å². The molecule has 0 unspecified atom stereocenters. The second-order valence-corrected chi connectivity index (χ2v) is 15.0. The number of nitrogens with zero attached hydrogens (tertiary/aromatic N) is 3. The van der Waals surface area contributed by atoms with Gasteiger partial charge in [-0.1, -0.05) is 152 Å². The van der Waals surface area contributed by atoms with E-state index in [2.05, 4.69) is 170 Å². The van der Waals surface area contributed by atoms with Crippen molar-refractivity contribution in [3.05, 3.63) is 210 Å². The number of thiophene rings is 1. The quantitative estimate of drug-likeness (QED) is 0.179. The van der Waals surface area contributed by atoms with Crippen LogP contribution in [0.2, 0.25) is 0 Å². The Labute approximate surface area is 316 Å². The molecule has 54 heavy (non-hydrogen) atoms. The highest BCUT2D eigenvalue weighted by molar-refractivity contribution is 7.25. The van der Waals surface area contributed by atoms with Crippen molar-refractivity contribution in [2.45, 2.75) is 5.41 Å². The fourth-order valence-electron chi connectivity index (χ4n) is 8.54. The van der Waals surface area contributed by atoms with Crippen molar-refractivity contribution in [1.82, 2.24) is 15.0 Å². The summed E-state index contributed by atoms with van der Waals surface area (Å²) in [4.78, 5) is 15.3. The van der Waals surface area contributed by atoms with Crippen molar-refractivity contribution >= 4 is 42.3 Å². The lowest BCUT2D eigenvalue weighted by atomic mass is 9.67. The maximum Gasteiger partial charge on any atom is 0.164 e. The molecule has 1 aliphatic rings. The fraction of sp³-hybridized carbons (Fsp3) is 0.0200. The van der Waals surface area contributed by atoms with Gasteiger partial charge in [-0.2, -0.15) is 0 Å². The predicted octanol–water partition coefficient (Wildman–Crippen LogP) is 12.8. The first-order valence-electron chi connectivity index (χ1n) is 18.3. The van der Waals surface area contributed by atoms with Gasteiger partial charge in [-0.3, -0.25) is 0 Å². The first-order chi connectivity index (χ1) is 26.7. The first-order valence-corrected chi connectivity index (χ1v) is 19.1. The topological polar surface area (TPSA) is 38.7 Å². The van der Waals surface area contributed by atoms with Crippen molar-refractivity contribution in [3.63, 3.8) is 0 Å². The Balaban J connectivity index is 1.12. The molecular weight excluding hydrogens is 675 g/mol. The van der Waals surface area contributed by atoms with Gasteiger partial charge in [-0.25, -0.2) is 15.0 Å². The molecule has 0 fully saturated rings. The van der Waals surface area contributed by atoms with Crippen molar-refractivity contribution in [3.8, 4) is 45.3 Å². The first kappa shape index (κ1) is 30.8. The van der Waals surface area contributed by atoms with E-state index in [1.165, 1.54) is 58.9 Å². The lowest BCUT2D eigenvalue weighted by Crippen LogP contribution is -2.28. The number of aromatic nitrogens is 3. The standard InChI is InChI=1S/C50H31N3S/c1-3-14-33(15-4-1)47-51-48(35-24-23-32-13-7-8-16-34(32)29-35)53-49(52-47)36-25-27-45-41(30-36)42-31-38(26-28-46(42)54-45)50(37-17-5-2-6-18-37)43-21-11-9-19-39(43)40-20-10-12-22-44(40)50/h1-31H. The van der Waals surface area contributed by atoms with Gasteiger partial charge in [-0.05, 0) is 80.6 Å². The van der Waals surface area contributed by atoms with E-state index < -0.39 is 5.41 Å². The lowest BCUT2D eigenvalue weighted by Gasteiger charge is -2.34.